The molecule has 2 fully saturated rings. The number of ketones is 1. The van der Waals surface area contributed by atoms with Crippen LogP contribution in [0, 0.1) is 17.3 Å². The molecule has 6 unspecified atom stereocenters. The maximum absolute atomic E-state index is 12.6. The van der Waals surface area contributed by atoms with Crippen LogP contribution in [0.25, 0.3) is 0 Å². The maximum atomic E-state index is 12.6. The normalized spacial score (nSPS) is 55.2. The average molecular weight is 280 g/mol. The Hall–Kier alpha value is -0.710. The summed E-state index contributed by atoms with van der Waals surface area (Å²) in [6.07, 6.45) is 4.49. The molecule has 0 aromatic rings. The smallest absolute Gasteiger partial charge is 0.144 e. The molecule has 20 heavy (non-hydrogen) atoms. The average Bonchev–Trinajstić information content (AvgIpc) is 2.32. The second-order valence-electron chi connectivity index (χ2n) is 7.25. The summed E-state index contributed by atoms with van der Waals surface area (Å²) in [4.78, 5) is 12.6. The fourth-order valence-electron chi connectivity index (χ4n) is 4.76. The van der Waals surface area contributed by atoms with Crippen molar-refractivity contribution in [1.82, 2.24) is 0 Å². The topological polar surface area (TPSA) is 66.8 Å². The zero-order valence-electron chi connectivity index (χ0n) is 12.4. The summed E-state index contributed by atoms with van der Waals surface area (Å²) >= 11 is 0. The molecule has 1 heterocycles. The van der Waals surface area contributed by atoms with Gasteiger partial charge in [-0.1, -0.05) is 19.1 Å². The lowest BCUT2D eigenvalue weighted by Gasteiger charge is -2.60. The molecule has 1 aliphatic heterocycles. The lowest BCUT2D eigenvalue weighted by atomic mass is 9.49. The summed E-state index contributed by atoms with van der Waals surface area (Å²) in [6, 6.07) is 0. The fourth-order valence-corrected chi connectivity index (χ4v) is 4.76. The third-order valence-corrected chi connectivity index (χ3v) is 5.90. The molecular weight excluding hydrogens is 256 g/mol. The van der Waals surface area contributed by atoms with Crippen LogP contribution in [-0.4, -0.2) is 39.9 Å². The van der Waals surface area contributed by atoms with E-state index in [9.17, 15) is 15.0 Å². The van der Waals surface area contributed by atoms with Gasteiger partial charge in [-0.2, -0.15) is 0 Å². The van der Waals surface area contributed by atoms with Gasteiger partial charge in [0.25, 0.3) is 0 Å². The predicted molar refractivity (Wildman–Crippen MR) is 74.1 cm³/mol. The molecular formula is C16H24O4. The SMILES string of the molecule is CC1CC(O)C2C(O)(C=CC3(C)OCCC(=O)C23C)C1. The Morgan fingerprint density at radius 2 is 2.05 bits per heavy atom. The number of fused-ring (bicyclic) bond motifs is 3. The van der Waals surface area contributed by atoms with Gasteiger partial charge in [-0.15, -0.1) is 0 Å². The van der Waals surface area contributed by atoms with Gasteiger partial charge in [0.15, 0.2) is 0 Å². The number of rotatable bonds is 0. The highest BCUT2D eigenvalue weighted by Gasteiger charge is 2.66. The maximum Gasteiger partial charge on any atom is 0.144 e. The van der Waals surface area contributed by atoms with Gasteiger partial charge in [0.05, 0.1) is 29.3 Å². The van der Waals surface area contributed by atoms with Crippen molar-refractivity contribution in [2.75, 3.05) is 6.61 Å². The second-order valence-corrected chi connectivity index (χ2v) is 7.25. The molecule has 2 N–H and O–H groups in total. The van der Waals surface area contributed by atoms with Gasteiger partial charge in [0, 0.05) is 12.3 Å². The lowest BCUT2D eigenvalue weighted by molar-refractivity contribution is -0.220. The van der Waals surface area contributed by atoms with Crippen molar-refractivity contribution in [1.29, 1.82) is 0 Å². The Morgan fingerprint density at radius 3 is 2.75 bits per heavy atom. The minimum Gasteiger partial charge on any atom is -0.393 e. The van der Waals surface area contributed by atoms with E-state index in [4.69, 9.17) is 4.74 Å². The van der Waals surface area contributed by atoms with Gasteiger partial charge < -0.3 is 14.9 Å². The summed E-state index contributed by atoms with van der Waals surface area (Å²) < 4.78 is 5.88. The minimum absolute atomic E-state index is 0.0904. The van der Waals surface area contributed by atoms with Gasteiger partial charge in [0.1, 0.15) is 5.78 Å². The molecule has 0 bridgehead atoms. The minimum atomic E-state index is -1.11. The molecule has 4 heteroatoms. The van der Waals surface area contributed by atoms with Crippen LogP contribution in [0.4, 0.5) is 0 Å². The first-order chi connectivity index (χ1) is 9.23. The van der Waals surface area contributed by atoms with Gasteiger partial charge >= 0.3 is 0 Å². The molecule has 3 aliphatic rings. The molecule has 1 saturated carbocycles. The third kappa shape index (κ3) is 1.62. The van der Waals surface area contributed by atoms with Crippen molar-refractivity contribution in [3.05, 3.63) is 12.2 Å². The molecule has 6 atom stereocenters. The highest BCUT2D eigenvalue weighted by Crippen LogP contribution is 2.58. The molecule has 0 spiro atoms. The van der Waals surface area contributed by atoms with E-state index in [2.05, 4.69) is 0 Å². The summed E-state index contributed by atoms with van der Waals surface area (Å²) in [5.74, 6) is -0.162. The van der Waals surface area contributed by atoms with Crippen LogP contribution in [0.3, 0.4) is 0 Å². The molecule has 0 amide bonds. The van der Waals surface area contributed by atoms with Crippen LogP contribution in [0.2, 0.25) is 0 Å². The molecule has 2 aliphatic carbocycles. The van der Waals surface area contributed by atoms with Crippen LogP contribution >= 0.6 is 0 Å². The summed E-state index contributed by atoms with van der Waals surface area (Å²) in [6.45, 7) is 6.19. The zero-order valence-corrected chi connectivity index (χ0v) is 12.4. The second kappa shape index (κ2) is 4.15. The molecule has 1 saturated heterocycles. The first-order valence-electron chi connectivity index (χ1n) is 7.51. The molecule has 0 aromatic carbocycles. The number of carbonyl (C=O) groups is 1. The van der Waals surface area contributed by atoms with Crippen molar-refractivity contribution in [3.63, 3.8) is 0 Å². The van der Waals surface area contributed by atoms with Crippen LogP contribution in [0.5, 0.6) is 0 Å². The van der Waals surface area contributed by atoms with Crippen molar-refractivity contribution in [3.8, 4) is 0 Å². The number of carbonyl (C=O) groups excluding carboxylic acids is 1. The highest BCUT2D eigenvalue weighted by molar-refractivity contribution is 5.88. The fraction of sp³-hybridized carbons (Fsp3) is 0.812. The predicted octanol–water partition coefficient (Wildman–Crippen LogP) is 1.45. The van der Waals surface area contributed by atoms with Gasteiger partial charge in [-0.3, -0.25) is 4.79 Å². The van der Waals surface area contributed by atoms with E-state index in [1.807, 2.05) is 26.8 Å². The number of Topliss-reactive ketones (excluding diaryl/α,β-unsaturated/α-hetero) is 1. The number of hydrogen-bond donors (Lipinski definition) is 2. The molecule has 3 rings (SSSR count). The van der Waals surface area contributed by atoms with E-state index < -0.39 is 28.6 Å². The summed E-state index contributed by atoms with van der Waals surface area (Å²) in [5.41, 5.74) is -2.71. The van der Waals surface area contributed by atoms with Crippen molar-refractivity contribution >= 4 is 5.78 Å². The largest absolute Gasteiger partial charge is 0.393 e. The number of aliphatic hydroxyl groups excluding tert-OH is 1. The summed E-state index contributed by atoms with van der Waals surface area (Å²) in [5, 5.41) is 21.6. The van der Waals surface area contributed by atoms with E-state index in [0.29, 0.717) is 25.9 Å². The van der Waals surface area contributed by atoms with Crippen LogP contribution in [0.1, 0.15) is 40.0 Å². The molecule has 0 radical (unpaired) electrons. The van der Waals surface area contributed by atoms with Gasteiger partial charge in [-0.25, -0.2) is 0 Å². The van der Waals surface area contributed by atoms with Crippen LogP contribution in [0.15, 0.2) is 12.2 Å². The monoisotopic (exact) mass is 280 g/mol. The Morgan fingerprint density at radius 1 is 1.35 bits per heavy atom. The van der Waals surface area contributed by atoms with Crippen molar-refractivity contribution in [2.45, 2.75) is 57.3 Å². The molecule has 112 valence electrons. The quantitative estimate of drug-likeness (QED) is 0.659. The van der Waals surface area contributed by atoms with E-state index in [0.717, 1.165) is 0 Å². The van der Waals surface area contributed by atoms with E-state index in [1.54, 1.807) is 6.08 Å². The zero-order chi connectivity index (χ0) is 14.8. The van der Waals surface area contributed by atoms with E-state index >= 15 is 0 Å². The van der Waals surface area contributed by atoms with Gasteiger partial charge in [0.2, 0.25) is 0 Å². The Kier molecular flexibility index (Phi) is 2.96. The highest BCUT2D eigenvalue weighted by atomic mass is 16.5. The van der Waals surface area contributed by atoms with Crippen LogP contribution < -0.4 is 0 Å². The Bertz CT molecular complexity index is 473. The van der Waals surface area contributed by atoms with Crippen LogP contribution in [-0.2, 0) is 9.53 Å². The molecule has 4 nitrogen and oxygen atoms in total. The van der Waals surface area contributed by atoms with E-state index in [-0.39, 0.29) is 11.7 Å². The number of hydrogen-bond acceptors (Lipinski definition) is 4. The molecule has 0 aromatic heterocycles. The Labute approximate surface area is 119 Å². The van der Waals surface area contributed by atoms with E-state index in [1.165, 1.54) is 0 Å². The third-order valence-electron chi connectivity index (χ3n) is 5.90. The number of aliphatic hydroxyl groups is 2. The lowest BCUT2D eigenvalue weighted by Crippen LogP contribution is -2.69. The Balaban J connectivity index is 2.15. The number of ether oxygens (including phenoxy) is 1. The standard InChI is InChI=1S/C16H24O4/c1-10-8-11(17)13-15(3)12(18)4-7-20-14(15,2)5-6-16(13,19)9-10/h5-6,10-11,13,17,19H,4,7-9H2,1-3H3. The summed E-state index contributed by atoms with van der Waals surface area (Å²) in [7, 11) is 0. The first-order valence-corrected chi connectivity index (χ1v) is 7.51. The van der Waals surface area contributed by atoms with Crippen molar-refractivity contribution < 1.29 is 19.7 Å². The van der Waals surface area contributed by atoms with Gasteiger partial charge in [-0.05, 0) is 32.6 Å². The first kappa shape index (κ1) is 14.2. The van der Waals surface area contributed by atoms with Crippen molar-refractivity contribution in [2.24, 2.45) is 17.3 Å².